The molecule has 0 bridgehead atoms. The summed E-state index contributed by atoms with van der Waals surface area (Å²) in [6, 6.07) is 0. The lowest BCUT2D eigenvalue weighted by molar-refractivity contribution is -0.145. The van der Waals surface area contributed by atoms with E-state index in [9.17, 15) is 9.59 Å². The number of aromatic nitrogens is 5. The molecule has 9 heteroatoms. The van der Waals surface area contributed by atoms with E-state index in [4.69, 9.17) is 0 Å². The van der Waals surface area contributed by atoms with Gasteiger partial charge in [-0.1, -0.05) is 13.8 Å². The van der Waals surface area contributed by atoms with Gasteiger partial charge in [-0.2, -0.15) is 5.10 Å². The quantitative estimate of drug-likeness (QED) is 0.845. The number of imidazole rings is 1. The number of fused-ring (bicyclic) bond motifs is 2. The zero-order valence-electron chi connectivity index (χ0n) is 16.5. The van der Waals surface area contributed by atoms with Crippen LogP contribution in [0.3, 0.4) is 0 Å². The summed E-state index contributed by atoms with van der Waals surface area (Å²) < 4.78 is 1.69. The number of hydrogen-bond donors (Lipinski definition) is 1. The lowest BCUT2D eigenvalue weighted by atomic mass is 9.78. The smallest absolute Gasteiger partial charge is 0.227 e. The van der Waals surface area contributed by atoms with Gasteiger partial charge < -0.3 is 14.8 Å². The molecule has 1 fully saturated rings. The summed E-state index contributed by atoms with van der Waals surface area (Å²) >= 11 is 0. The van der Waals surface area contributed by atoms with Crippen LogP contribution in [0, 0.1) is 5.92 Å². The zero-order chi connectivity index (χ0) is 19.7. The molecule has 0 aliphatic carbocycles. The van der Waals surface area contributed by atoms with E-state index >= 15 is 0 Å². The maximum Gasteiger partial charge on any atom is 0.227 e. The Balaban J connectivity index is 1.50. The lowest BCUT2D eigenvalue weighted by Gasteiger charge is -2.50. The van der Waals surface area contributed by atoms with Gasteiger partial charge in [-0.15, -0.1) is 0 Å². The third-order valence-corrected chi connectivity index (χ3v) is 6.12. The van der Waals surface area contributed by atoms with Gasteiger partial charge in [0.05, 0.1) is 30.0 Å². The monoisotopic (exact) mass is 385 g/mol. The van der Waals surface area contributed by atoms with Crippen molar-refractivity contribution in [3.63, 3.8) is 0 Å². The number of nitrogens with one attached hydrogen (secondary N) is 1. The highest BCUT2D eigenvalue weighted by Gasteiger charge is 2.48. The predicted molar refractivity (Wildman–Crippen MR) is 101 cm³/mol. The molecule has 4 heterocycles. The molecule has 1 spiro atoms. The molecule has 150 valence electrons. The van der Waals surface area contributed by atoms with Gasteiger partial charge in [0.15, 0.2) is 0 Å². The number of likely N-dealkylation sites (tertiary alicyclic amines) is 1. The van der Waals surface area contributed by atoms with Crippen LogP contribution in [-0.2, 0) is 28.1 Å². The van der Waals surface area contributed by atoms with Gasteiger partial charge in [0, 0.05) is 38.2 Å². The Morgan fingerprint density at radius 1 is 1.29 bits per heavy atom. The number of H-pyrrole nitrogens is 1. The molecule has 2 aliphatic heterocycles. The summed E-state index contributed by atoms with van der Waals surface area (Å²) in [5.41, 5.74) is 1.72. The van der Waals surface area contributed by atoms with Crippen LogP contribution in [0.25, 0.3) is 0 Å². The van der Waals surface area contributed by atoms with Gasteiger partial charge in [0.2, 0.25) is 11.8 Å². The predicted octanol–water partition coefficient (Wildman–Crippen LogP) is 0.950. The third-order valence-electron chi connectivity index (χ3n) is 6.12. The van der Waals surface area contributed by atoms with Crippen LogP contribution in [0.15, 0.2) is 19.0 Å². The molecule has 9 nitrogen and oxygen atoms in total. The van der Waals surface area contributed by atoms with Crippen molar-refractivity contribution in [3.05, 3.63) is 30.4 Å². The largest absolute Gasteiger partial charge is 0.348 e. The first kappa shape index (κ1) is 18.6. The van der Waals surface area contributed by atoms with Crippen LogP contribution >= 0.6 is 0 Å². The molecular formula is C19H27N7O2. The third kappa shape index (κ3) is 3.08. The molecule has 2 aromatic rings. The minimum atomic E-state index is -0.396. The van der Waals surface area contributed by atoms with Gasteiger partial charge in [-0.3, -0.25) is 14.3 Å². The Hall–Kier alpha value is -2.71. The first-order valence-electron chi connectivity index (χ1n) is 9.99. The number of nitrogens with zero attached hydrogens (tertiary/aromatic N) is 6. The van der Waals surface area contributed by atoms with Crippen LogP contribution in [0.2, 0.25) is 0 Å². The maximum absolute atomic E-state index is 12.9. The van der Waals surface area contributed by atoms with Crippen LogP contribution in [-0.4, -0.2) is 66.0 Å². The van der Waals surface area contributed by atoms with Crippen molar-refractivity contribution in [2.45, 2.75) is 51.6 Å². The van der Waals surface area contributed by atoms with E-state index in [0.29, 0.717) is 32.6 Å². The molecule has 2 aliphatic rings. The topological polar surface area (TPSA) is 100 Å². The number of piperidine rings is 1. The van der Waals surface area contributed by atoms with Crippen molar-refractivity contribution < 1.29 is 9.59 Å². The molecule has 2 amide bonds. The first-order chi connectivity index (χ1) is 13.5. The summed E-state index contributed by atoms with van der Waals surface area (Å²) in [4.78, 5) is 41.3. The van der Waals surface area contributed by atoms with Crippen molar-refractivity contribution in [2.75, 3.05) is 19.6 Å². The fourth-order valence-corrected chi connectivity index (χ4v) is 4.63. The fraction of sp³-hybridized carbons (Fsp3) is 0.632. The van der Waals surface area contributed by atoms with E-state index in [1.165, 1.54) is 6.33 Å². The molecule has 1 N–H and O–H groups in total. The van der Waals surface area contributed by atoms with Crippen molar-refractivity contribution in [1.29, 1.82) is 0 Å². The van der Waals surface area contributed by atoms with E-state index in [1.54, 1.807) is 17.3 Å². The average molecular weight is 385 g/mol. The Morgan fingerprint density at radius 3 is 2.75 bits per heavy atom. The highest BCUT2D eigenvalue weighted by Crippen LogP contribution is 2.42. The minimum absolute atomic E-state index is 0.122. The minimum Gasteiger partial charge on any atom is -0.348 e. The highest BCUT2D eigenvalue weighted by molar-refractivity contribution is 5.79. The number of rotatable bonds is 4. The number of amides is 2. The second kappa shape index (κ2) is 7.37. The molecule has 0 radical (unpaired) electrons. The number of carbonyl (C=O) groups excluding carboxylic acids is 2. The van der Waals surface area contributed by atoms with E-state index < -0.39 is 5.54 Å². The van der Waals surface area contributed by atoms with Crippen molar-refractivity contribution in [2.24, 2.45) is 5.92 Å². The Labute approximate surface area is 164 Å². The molecule has 0 saturated carbocycles. The van der Waals surface area contributed by atoms with Crippen molar-refractivity contribution in [3.8, 4) is 0 Å². The van der Waals surface area contributed by atoms with Crippen LogP contribution < -0.4 is 0 Å². The van der Waals surface area contributed by atoms with Gasteiger partial charge in [0.1, 0.15) is 12.7 Å². The summed E-state index contributed by atoms with van der Waals surface area (Å²) in [5.74, 6) is 0.112. The van der Waals surface area contributed by atoms with Crippen molar-refractivity contribution in [1.82, 2.24) is 34.5 Å². The number of carbonyl (C=O) groups is 2. The summed E-state index contributed by atoms with van der Waals surface area (Å²) in [6.45, 7) is 6.30. The van der Waals surface area contributed by atoms with E-state index in [0.717, 1.165) is 30.7 Å². The SMILES string of the molecule is CCC(=O)N1CCc2[nH]cnc2C12CCN(C(=O)[C@H](C)Cn1cncn1)CC2. The van der Waals surface area contributed by atoms with Gasteiger partial charge in [0.25, 0.3) is 0 Å². The van der Waals surface area contributed by atoms with Crippen molar-refractivity contribution >= 4 is 11.8 Å². The molecule has 0 aromatic carbocycles. The van der Waals surface area contributed by atoms with E-state index in [-0.39, 0.29) is 17.7 Å². The second-order valence-electron chi connectivity index (χ2n) is 7.75. The van der Waals surface area contributed by atoms with E-state index in [1.807, 2.05) is 23.6 Å². The highest BCUT2D eigenvalue weighted by atomic mass is 16.2. The summed E-state index contributed by atoms with van der Waals surface area (Å²) in [6.07, 6.45) is 7.57. The second-order valence-corrected chi connectivity index (χ2v) is 7.75. The summed E-state index contributed by atoms with van der Waals surface area (Å²) in [5, 5.41) is 4.09. The Kier molecular flexibility index (Phi) is 4.91. The number of hydrogen-bond acceptors (Lipinski definition) is 5. The molecule has 28 heavy (non-hydrogen) atoms. The zero-order valence-corrected chi connectivity index (χ0v) is 16.5. The van der Waals surface area contributed by atoms with Crippen LogP contribution in [0.4, 0.5) is 0 Å². The fourth-order valence-electron chi connectivity index (χ4n) is 4.63. The molecule has 4 rings (SSSR count). The molecule has 1 saturated heterocycles. The average Bonchev–Trinajstić information content (AvgIpc) is 3.40. The molecule has 2 aromatic heterocycles. The molecule has 1 atom stereocenters. The normalized spacial score (nSPS) is 19.5. The van der Waals surface area contributed by atoms with Gasteiger partial charge in [-0.05, 0) is 12.8 Å². The van der Waals surface area contributed by atoms with Crippen LogP contribution in [0.5, 0.6) is 0 Å². The number of aromatic amines is 1. The van der Waals surface area contributed by atoms with Gasteiger partial charge in [-0.25, -0.2) is 9.97 Å². The Morgan fingerprint density at radius 2 is 2.07 bits per heavy atom. The molecule has 0 unspecified atom stereocenters. The van der Waals surface area contributed by atoms with Crippen LogP contribution in [0.1, 0.15) is 44.5 Å². The Bertz CT molecular complexity index is 836. The lowest BCUT2D eigenvalue weighted by Crippen LogP contribution is -2.59. The molecular weight excluding hydrogens is 358 g/mol. The first-order valence-corrected chi connectivity index (χ1v) is 9.99. The van der Waals surface area contributed by atoms with E-state index in [2.05, 4.69) is 20.1 Å². The summed E-state index contributed by atoms with van der Waals surface area (Å²) in [7, 11) is 0. The van der Waals surface area contributed by atoms with Gasteiger partial charge >= 0.3 is 0 Å². The maximum atomic E-state index is 12.9. The standard InChI is InChI=1S/C19H27N7O2/c1-3-16(27)26-7-4-15-17(22-12-21-15)19(26)5-8-24(9-6-19)18(28)14(2)10-25-13-20-11-23-25/h11-14H,3-10H2,1-2H3,(H,21,22)/t14-/m1/s1.